The maximum Gasteiger partial charge on any atom is 0.226 e. The van der Waals surface area contributed by atoms with Gasteiger partial charge in [0.05, 0.1) is 12.8 Å². The van der Waals surface area contributed by atoms with Crippen molar-refractivity contribution in [3.05, 3.63) is 53.6 Å². The van der Waals surface area contributed by atoms with Gasteiger partial charge in [0.15, 0.2) is 0 Å². The molecule has 0 spiro atoms. The summed E-state index contributed by atoms with van der Waals surface area (Å²) in [5.74, 6) is 0.348. The second-order valence-electron chi connectivity index (χ2n) is 7.94. The van der Waals surface area contributed by atoms with E-state index in [9.17, 15) is 9.59 Å². The Hall–Kier alpha value is -2.82. The molecule has 0 bridgehead atoms. The molecule has 0 atom stereocenters. The summed E-state index contributed by atoms with van der Waals surface area (Å²) in [7, 11) is 1.57. The highest BCUT2D eigenvalue weighted by Crippen LogP contribution is 2.31. The zero-order valence-corrected chi connectivity index (χ0v) is 17.6. The molecule has 0 aliphatic carbocycles. The molecule has 5 nitrogen and oxygen atoms in total. The largest absolute Gasteiger partial charge is 0.495 e. The van der Waals surface area contributed by atoms with Crippen LogP contribution in [0.2, 0.25) is 0 Å². The number of methoxy groups -OCH3 is 1. The van der Waals surface area contributed by atoms with Gasteiger partial charge in [-0.25, -0.2) is 0 Å². The molecule has 5 heteroatoms. The average molecular weight is 383 g/mol. The van der Waals surface area contributed by atoms with Crippen LogP contribution in [0.15, 0.2) is 42.5 Å². The molecule has 0 aliphatic heterocycles. The van der Waals surface area contributed by atoms with Crippen LogP contribution in [-0.2, 0) is 15.0 Å². The second kappa shape index (κ2) is 8.91. The first kappa shape index (κ1) is 21.5. The first-order chi connectivity index (χ1) is 13.1. The molecule has 2 rings (SSSR count). The molecule has 0 aromatic heterocycles. The zero-order chi connectivity index (χ0) is 20.9. The minimum Gasteiger partial charge on any atom is -0.495 e. The summed E-state index contributed by atoms with van der Waals surface area (Å²) in [6, 6.07) is 13.5. The van der Waals surface area contributed by atoms with E-state index in [-0.39, 0.29) is 30.2 Å². The fraction of sp³-hybridized carbons (Fsp3) is 0.391. The normalized spacial score (nSPS) is 11.1. The molecule has 28 heavy (non-hydrogen) atoms. The first-order valence-corrected chi connectivity index (χ1v) is 9.45. The molecule has 0 aliphatic rings. The maximum atomic E-state index is 12.6. The van der Waals surface area contributed by atoms with Crippen LogP contribution >= 0.6 is 0 Å². The predicted molar refractivity (Wildman–Crippen MR) is 114 cm³/mol. The molecule has 0 fully saturated rings. The lowest BCUT2D eigenvalue weighted by atomic mass is 9.86. The van der Waals surface area contributed by atoms with Crippen molar-refractivity contribution in [3.63, 3.8) is 0 Å². The van der Waals surface area contributed by atoms with Crippen LogP contribution in [-0.4, -0.2) is 25.5 Å². The van der Waals surface area contributed by atoms with E-state index in [1.54, 1.807) is 12.0 Å². The second-order valence-corrected chi connectivity index (χ2v) is 7.94. The fourth-order valence-electron chi connectivity index (χ4n) is 3.13. The summed E-state index contributed by atoms with van der Waals surface area (Å²) < 4.78 is 5.39. The Morgan fingerprint density at radius 2 is 1.79 bits per heavy atom. The number of nitrogens with zero attached hydrogens (tertiary/aromatic N) is 1. The molecule has 2 amide bonds. The summed E-state index contributed by atoms with van der Waals surface area (Å²) in [5, 5.41) is 2.99. The Morgan fingerprint density at radius 3 is 2.39 bits per heavy atom. The topological polar surface area (TPSA) is 58.6 Å². The van der Waals surface area contributed by atoms with E-state index >= 15 is 0 Å². The van der Waals surface area contributed by atoms with Crippen LogP contribution in [0.5, 0.6) is 5.75 Å². The number of rotatable bonds is 6. The van der Waals surface area contributed by atoms with Crippen molar-refractivity contribution < 1.29 is 14.3 Å². The summed E-state index contributed by atoms with van der Waals surface area (Å²) in [4.78, 5) is 26.4. The van der Waals surface area contributed by atoms with Crippen LogP contribution in [0.4, 0.5) is 11.4 Å². The van der Waals surface area contributed by atoms with Crippen LogP contribution in [0, 0.1) is 6.92 Å². The van der Waals surface area contributed by atoms with Gasteiger partial charge in [-0.2, -0.15) is 0 Å². The van der Waals surface area contributed by atoms with E-state index in [4.69, 9.17) is 4.74 Å². The van der Waals surface area contributed by atoms with Gasteiger partial charge in [0.2, 0.25) is 11.8 Å². The highest BCUT2D eigenvalue weighted by Gasteiger charge is 2.20. The summed E-state index contributed by atoms with van der Waals surface area (Å²) in [6.07, 6.45) is 0.190. The molecular formula is C23H30N2O3. The smallest absolute Gasteiger partial charge is 0.226 e. The molecule has 2 aromatic rings. The summed E-state index contributed by atoms with van der Waals surface area (Å²) in [5.41, 5.74) is 3.50. The van der Waals surface area contributed by atoms with Crippen LogP contribution in [0.3, 0.4) is 0 Å². The number of hydrogen-bond acceptors (Lipinski definition) is 3. The summed E-state index contributed by atoms with van der Waals surface area (Å²) in [6.45, 7) is 10.1. The van der Waals surface area contributed by atoms with E-state index < -0.39 is 0 Å². The van der Waals surface area contributed by atoms with Gasteiger partial charge in [-0.15, -0.1) is 0 Å². The number of nitrogens with one attached hydrogen (secondary N) is 1. The van der Waals surface area contributed by atoms with Gasteiger partial charge in [0, 0.05) is 25.6 Å². The number of para-hydroxylation sites is 1. The fourth-order valence-corrected chi connectivity index (χ4v) is 3.13. The average Bonchev–Trinajstić information content (AvgIpc) is 2.61. The van der Waals surface area contributed by atoms with Crippen molar-refractivity contribution in [2.24, 2.45) is 0 Å². The van der Waals surface area contributed by atoms with Gasteiger partial charge in [0.1, 0.15) is 5.75 Å². The van der Waals surface area contributed by atoms with E-state index in [2.05, 4.69) is 26.1 Å². The number of ether oxygens (including phenoxy) is 1. The third kappa shape index (κ3) is 5.35. The van der Waals surface area contributed by atoms with Gasteiger partial charge < -0.3 is 15.0 Å². The Labute approximate surface area is 167 Å². The van der Waals surface area contributed by atoms with Crippen LogP contribution < -0.4 is 15.0 Å². The molecule has 1 N–H and O–H groups in total. The van der Waals surface area contributed by atoms with Gasteiger partial charge in [0.25, 0.3) is 0 Å². The lowest BCUT2D eigenvalue weighted by molar-refractivity contribution is -0.117. The van der Waals surface area contributed by atoms with E-state index in [0.717, 1.165) is 16.8 Å². The minimum atomic E-state index is -0.133. The van der Waals surface area contributed by atoms with Gasteiger partial charge >= 0.3 is 0 Å². The van der Waals surface area contributed by atoms with E-state index in [0.29, 0.717) is 11.4 Å². The number of hydrogen-bond donors (Lipinski definition) is 1. The molecule has 0 saturated carbocycles. The highest BCUT2D eigenvalue weighted by molar-refractivity contribution is 5.96. The number of aryl methyl sites for hydroxylation is 1. The highest BCUT2D eigenvalue weighted by atomic mass is 16.5. The first-order valence-electron chi connectivity index (χ1n) is 9.45. The Morgan fingerprint density at radius 1 is 1.11 bits per heavy atom. The van der Waals surface area contributed by atoms with Crippen molar-refractivity contribution in [3.8, 4) is 5.75 Å². The van der Waals surface area contributed by atoms with Crippen molar-refractivity contribution in [2.75, 3.05) is 23.9 Å². The standard InChI is InChI=1S/C23H30N2O3/c1-16-11-12-21(28-6)20(15-16)25(17(2)26)14-13-22(27)24-19-10-8-7-9-18(19)23(3,4)5/h7-12,15H,13-14H2,1-6H3,(H,24,27). The van der Waals surface area contributed by atoms with E-state index in [1.807, 2.05) is 49.4 Å². The quantitative estimate of drug-likeness (QED) is 0.789. The molecule has 0 heterocycles. The lowest BCUT2D eigenvalue weighted by Crippen LogP contribution is -2.32. The monoisotopic (exact) mass is 382 g/mol. The molecule has 0 saturated heterocycles. The SMILES string of the molecule is COc1ccc(C)cc1N(CCC(=O)Nc1ccccc1C(C)(C)C)C(C)=O. The number of carbonyl (C=O) groups excluding carboxylic acids is 2. The number of amides is 2. The summed E-state index contributed by atoms with van der Waals surface area (Å²) >= 11 is 0. The van der Waals surface area contributed by atoms with Crippen molar-refractivity contribution in [2.45, 2.75) is 46.5 Å². The Balaban J connectivity index is 2.15. The number of anilines is 2. The Bertz CT molecular complexity index is 853. The minimum absolute atomic E-state index is 0.0791. The molecule has 150 valence electrons. The third-order valence-electron chi connectivity index (χ3n) is 4.58. The van der Waals surface area contributed by atoms with Gasteiger partial charge in [-0.05, 0) is 41.7 Å². The van der Waals surface area contributed by atoms with Gasteiger partial charge in [-0.1, -0.05) is 45.0 Å². The maximum absolute atomic E-state index is 12.6. The number of carbonyl (C=O) groups is 2. The van der Waals surface area contributed by atoms with Crippen molar-refractivity contribution >= 4 is 23.2 Å². The lowest BCUT2D eigenvalue weighted by Gasteiger charge is -2.25. The predicted octanol–water partition coefficient (Wildman–Crippen LogP) is 4.68. The van der Waals surface area contributed by atoms with Gasteiger partial charge in [-0.3, -0.25) is 9.59 Å². The molecule has 2 aromatic carbocycles. The van der Waals surface area contributed by atoms with Crippen molar-refractivity contribution in [1.82, 2.24) is 0 Å². The van der Waals surface area contributed by atoms with Crippen LogP contribution in [0.1, 0.15) is 45.2 Å². The molecular weight excluding hydrogens is 352 g/mol. The van der Waals surface area contributed by atoms with Crippen molar-refractivity contribution in [1.29, 1.82) is 0 Å². The molecule has 0 radical (unpaired) electrons. The Kier molecular flexibility index (Phi) is 6.84. The third-order valence-corrected chi connectivity index (χ3v) is 4.58. The van der Waals surface area contributed by atoms with E-state index in [1.165, 1.54) is 6.92 Å². The number of benzene rings is 2. The molecule has 0 unspecified atom stereocenters. The van der Waals surface area contributed by atoms with Crippen LogP contribution in [0.25, 0.3) is 0 Å². The zero-order valence-electron chi connectivity index (χ0n) is 17.6.